The van der Waals surface area contributed by atoms with E-state index >= 15 is 0 Å². The van der Waals surface area contributed by atoms with Gasteiger partial charge in [-0.1, -0.05) is 175 Å². The summed E-state index contributed by atoms with van der Waals surface area (Å²) in [5.74, 6) is 0.205. The topological polar surface area (TPSA) is 32.8 Å². The Morgan fingerprint density at radius 1 is 0.444 bits per heavy atom. The molecule has 11 aromatic rings. The fourth-order valence-electron chi connectivity index (χ4n) is 15.6. The molecule has 0 spiro atoms. The van der Waals surface area contributed by atoms with Crippen LogP contribution in [0, 0.1) is 5.92 Å². The van der Waals surface area contributed by atoms with Crippen LogP contribution in [-0.4, -0.2) is 0 Å². The van der Waals surface area contributed by atoms with Gasteiger partial charge in [0.1, 0.15) is 11.2 Å². The van der Waals surface area contributed by atoms with Gasteiger partial charge in [0.25, 0.3) is 0 Å². The van der Waals surface area contributed by atoms with E-state index in [1.54, 1.807) is 0 Å². The fourth-order valence-corrected chi connectivity index (χ4v) is 15.6. The van der Waals surface area contributed by atoms with Gasteiger partial charge in [0.05, 0.1) is 22.8 Å². The average molecular weight is 1050 g/mol. The molecule has 1 unspecified atom stereocenters. The van der Waals surface area contributed by atoms with E-state index in [4.69, 9.17) is 8.83 Å². The highest BCUT2D eigenvalue weighted by Crippen LogP contribution is 2.63. The Balaban J connectivity index is 0.819. The number of nitrogens with zero attached hydrogens (tertiary/aromatic N) is 2. The van der Waals surface area contributed by atoms with Crippen molar-refractivity contribution in [2.75, 3.05) is 9.80 Å². The molecule has 1 atom stereocenters. The van der Waals surface area contributed by atoms with E-state index in [0.29, 0.717) is 0 Å². The summed E-state index contributed by atoms with van der Waals surface area (Å²) in [5.41, 5.74) is 27.8. The van der Waals surface area contributed by atoms with Gasteiger partial charge in [0.15, 0.2) is 11.2 Å². The van der Waals surface area contributed by atoms with Crippen molar-refractivity contribution in [1.29, 1.82) is 0 Å². The lowest BCUT2D eigenvalue weighted by Crippen LogP contribution is -2.30. The van der Waals surface area contributed by atoms with E-state index in [9.17, 15) is 0 Å². The molecule has 0 fully saturated rings. The lowest BCUT2D eigenvalue weighted by atomic mass is 9.73. The number of allylic oxidation sites excluding steroid dienone is 11. The number of para-hydroxylation sites is 5. The standard InChI is InChI=1S/C77H60N2O2/c1-75(2)59-41-57-61(76(3,4)63-43-67(47-27-13-15-31-51(47)71(57)63)78(45-23-9-7-10-24-45)65-35-21-33-53-49-29-17-19-37-69(49)80-73(53)65)39-55(59)56-40-62-58(42-60(56)75)72-52-32-16-14-28-48(52)68(44-64(72)77(62,5)6)79(46-25-11-8-12-26-46)66-36-22-34-54-50-30-18-20-38-70(50)81-74(54)66/h7-11,13-25,27-31,33-44,52H,12,26,32H2,1-6H3. The molecular weight excluding hydrogens is 985 g/mol. The molecule has 0 saturated carbocycles. The van der Waals surface area contributed by atoms with Crippen molar-refractivity contribution in [2.24, 2.45) is 5.92 Å². The summed E-state index contributed by atoms with van der Waals surface area (Å²) < 4.78 is 13.6. The second-order valence-electron chi connectivity index (χ2n) is 25.0. The zero-order valence-corrected chi connectivity index (χ0v) is 46.6. The number of fused-ring (bicyclic) bond motifs is 18. The molecule has 6 aliphatic rings. The molecule has 0 N–H and O–H groups in total. The molecule has 17 rings (SSSR count). The summed E-state index contributed by atoms with van der Waals surface area (Å²) in [5, 5.41) is 7.01. The van der Waals surface area contributed by atoms with Gasteiger partial charge in [-0.2, -0.15) is 0 Å². The summed E-state index contributed by atoms with van der Waals surface area (Å²) in [4.78, 5) is 4.99. The molecule has 6 aliphatic carbocycles. The average Bonchev–Trinajstić information content (AvgIpc) is 4.39. The van der Waals surface area contributed by atoms with Crippen LogP contribution in [0.5, 0.6) is 0 Å². The van der Waals surface area contributed by atoms with Crippen molar-refractivity contribution >= 4 is 83.0 Å². The van der Waals surface area contributed by atoms with Crippen LogP contribution in [0.2, 0.25) is 0 Å². The van der Waals surface area contributed by atoms with Gasteiger partial charge in [-0.3, -0.25) is 0 Å². The SMILES string of the molecule is CC1(C)C2=C(c3cc4c(cc31)-c1cc3c(cc1C4(C)C)-c1c(cc(N(c4ccccc4)c4cccc5c4oc4ccccc45)c4ccccc14)C3(C)C)C1CC=CC=C1C(N(C1=CC=CCC1)c1cccc3c1oc1ccccc13)=C2. The van der Waals surface area contributed by atoms with Gasteiger partial charge in [-0.25, -0.2) is 0 Å². The number of benzene rings is 9. The lowest BCUT2D eigenvalue weighted by molar-refractivity contribution is 0.640. The molecule has 0 aliphatic heterocycles. The van der Waals surface area contributed by atoms with Gasteiger partial charge in [0, 0.05) is 60.5 Å². The Morgan fingerprint density at radius 2 is 0.988 bits per heavy atom. The minimum Gasteiger partial charge on any atom is -0.454 e. The monoisotopic (exact) mass is 1040 g/mol. The summed E-state index contributed by atoms with van der Waals surface area (Å²) in [6.45, 7) is 14.8. The molecule has 9 aromatic carbocycles. The van der Waals surface area contributed by atoms with Crippen LogP contribution in [0.3, 0.4) is 0 Å². The van der Waals surface area contributed by atoms with E-state index in [2.05, 4.69) is 264 Å². The number of hydrogen-bond donors (Lipinski definition) is 0. The lowest BCUT2D eigenvalue weighted by Gasteiger charge is -2.39. The maximum absolute atomic E-state index is 6.84. The molecule has 2 heterocycles. The zero-order chi connectivity index (χ0) is 54.3. The molecule has 4 heteroatoms. The normalized spacial score (nSPS) is 18.3. The van der Waals surface area contributed by atoms with Crippen LogP contribution in [0.1, 0.15) is 94.2 Å². The summed E-state index contributed by atoms with van der Waals surface area (Å²) in [6, 6.07) is 63.0. The summed E-state index contributed by atoms with van der Waals surface area (Å²) in [6.07, 6.45) is 19.4. The third-order valence-corrected chi connectivity index (χ3v) is 19.6. The first-order valence-electron chi connectivity index (χ1n) is 29.1. The van der Waals surface area contributed by atoms with Crippen LogP contribution >= 0.6 is 0 Å². The third-order valence-electron chi connectivity index (χ3n) is 19.6. The van der Waals surface area contributed by atoms with E-state index in [1.807, 2.05) is 0 Å². The van der Waals surface area contributed by atoms with Crippen LogP contribution in [0.25, 0.3) is 82.5 Å². The van der Waals surface area contributed by atoms with E-state index in [0.717, 1.165) is 85.9 Å². The van der Waals surface area contributed by atoms with Gasteiger partial charge < -0.3 is 18.6 Å². The van der Waals surface area contributed by atoms with Gasteiger partial charge >= 0.3 is 0 Å². The first-order valence-corrected chi connectivity index (χ1v) is 29.1. The Hall–Kier alpha value is -9.12. The fraction of sp³-hybridized carbons (Fsp3) is 0.169. The number of anilines is 4. The van der Waals surface area contributed by atoms with Crippen molar-refractivity contribution in [3.63, 3.8) is 0 Å². The molecule has 0 bridgehead atoms. The molecule has 81 heavy (non-hydrogen) atoms. The highest BCUT2D eigenvalue weighted by Gasteiger charge is 2.49. The summed E-state index contributed by atoms with van der Waals surface area (Å²) in [7, 11) is 0. The summed E-state index contributed by atoms with van der Waals surface area (Å²) >= 11 is 0. The number of hydrogen-bond acceptors (Lipinski definition) is 4. The Bertz CT molecular complexity index is 4820. The Labute approximate surface area is 472 Å². The molecule has 0 saturated heterocycles. The largest absolute Gasteiger partial charge is 0.454 e. The highest BCUT2D eigenvalue weighted by atomic mass is 16.3. The van der Waals surface area contributed by atoms with Crippen LogP contribution in [0.4, 0.5) is 22.7 Å². The zero-order valence-electron chi connectivity index (χ0n) is 46.6. The van der Waals surface area contributed by atoms with E-state index in [1.165, 1.54) is 94.5 Å². The maximum atomic E-state index is 6.84. The first-order chi connectivity index (χ1) is 39.5. The minimum absolute atomic E-state index is 0.205. The van der Waals surface area contributed by atoms with Crippen molar-refractivity contribution in [3.8, 4) is 22.3 Å². The molecular formula is C77H60N2O2. The third kappa shape index (κ3) is 6.31. The Morgan fingerprint density at radius 3 is 1.65 bits per heavy atom. The molecule has 390 valence electrons. The van der Waals surface area contributed by atoms with Crippen molar-refractivity contribution in [2.45, 2.75) is 77.0 Å². The van der Waals surface area contributed by atoms with Crippen molar-refractivity contribution in [3.05, 3.63) is 268 Å². The minimum atomic E-state index is -0.309. The van der Waals surface area contributed by atoms with Crippen molar-refractivity contribution < 1.29 is 8.83 Å². The molecule has 0 radical (unpaired) electrons. The molecule has 2 aromatic heterocycles. The maximum Gasteiger partial charge on any atom is 0.159 e. The van der Waals surface area contributed by atoms with Crippen LogP contribution in [0.15, 0.2) is 244 Å². The number of rotatable bonds is 6. The second kappa shape index (κ2) is 16.5. The predicted octanol–water partition coefficient (Wildman–Crippen LogP) is 20.9. The van der Waals surface area contributed by atoms with Gasteiger partial charge in [0.2, 0.25) is 0 Å². The van der Waals surface area contributed by atoms with Crippen LogP contribution in [-0.2, 0) is 16.2 Å². The van der Waals surface area contributed by atoms with Gasteiger partial charge in [-0.05, 0) is 176 Å². The Kier molecular flexibility index (Phi) is 9.52. The van der Waals surface area contributed by atoms with E-state index in [-0.39, 0.29) is 22.2 Å². The molecule has 0 amide bonds. The second-order valence-corrected chi connectivity index (χ2v) is 25.0. The predicted molar refractivity (Wildman–Crippen MR) is 337 cm³/mol. The molecule has 4 nitrogen and oxygen atoms in total. The quantitative estimate of drug-likeness (QED) is 0.166. The smallest absolute Gasteiger partial charge is 0.159 e. The first kappa shape index (κ1) is 46.8. The van der Waals surface area contributed by atoms with E-state index < -0.39 is 0 Å². The number of furan rings is 2. The van der Waals surface area contributed by atoms with Crippen LogP contribution < -0.4 is 9.80 Å². The highest BCUT2D eigenvalue weighted by molar-refractivity contribution is 6.15. The van der Waals surface area contributed by atoms with Crippen molar-refractivity contribution in [1.82, 2.24) is 0 Å². The van der Waals surface area contributed by atoms with Gasteiger partial charge in [-0.15, -0.1) is 0 Å².